The van der Waals surface area contributed by atoms with Crippen LogP contribution < -0.4 is 0 Å². The van der Waals surface area contributed by atoms with E-state index in [2.05, 4.69) is 83.5 Å². The van der Waals surface area contributed by atoms with Gasteiger partial charge in [-0.3, -0.25) is 0 Å². The van der Waals surface area contributed by atoms with Crippen LogP contribution in [0.25, 0.3) is 33.1 Å². The van der Waals surface area contributed by atoms with Crippen molar-refractivity contribution in [1.82, 2.24) is 0 Å². The molecule has 0 spiro atoms. The van der Waals surface area contributed by atoms with E-state index in [1.165, 1.54) is 27.5 Å². The predicted octanol–water partition coefficient (Wildman–Crippen LogP) is 6.32. The van der Waals surface area contributed by atoms with Crippen molar-refractivity contribution >= 4 is 37.9 Å². The standard InChI is InChI=1S/C19H13BrO/c1-12-2-8-16-17-9-5-14(11-19(17)21-18(16)10-12)13-3-6-15(20)7-4-13/h2-11H,1H3. The van der Waals surface area contributed by atoms with Gasteiger partial charge in [-0.2, -0.15) is 0 Å². The molecule has 21 heavy (non-hydrogen) atoms. The molecule has 0 atom stereocenters. The van der Waals surface area contributed by atoms with Gasteiger partial charge >= 0.3 is 0 Å². The van der Waals surface area contributed by atoms with Crippen molar-refractivity contribution in [3.05, 3.63) is 70.7 Å². The lowest BCUT2D eigenvalue weighted by molar-refractivity contribution is 0.668. The predicted molar refractivity (Wildman–Crippen MR) is 91.6 cm³/mol. The molecule has 0 saturated heterocycles. The molecule has 4 aromatic rings. The lowest BCUT2D eigenvalue weighted by atomic mass is 10.0. The maximum atomic E-state index is 6.01. The van der Waals surface area contributed by atoms with Gasteiger partial charge < -0.3 is 4.42 Å². The van der Waals surface area contributed by atoms with Crippen LogP contribution in [-0.2, 0) is 0 Å². The number of rotatable bonds is 1. The molecule has 0 aliphatic heterocycles. The van der Waals surface area contributed by atoms with E-state index in [9.17, 15) is 0 Å². The fourth-order valence-corrected chi connectivity index (χ4v) is 2.97. The zero-order valence-electron chi connectivity index (χ0n) is 11.6. The highest BCUT2D eigenvalue weighted by Gasteiger charge is 2.08. The van der Waals surface area contributed by atoms with E-state index in [0.29, 0.717) is 0 Å². The van der Waals surface area contributed by atoms with Crippen molar-refractivity contribution in [2.45, 2.75) is 6.92 Å². The first-order valence-corrected chi connectivity index (χ1v) is 7.69. The fraction of sp³-hybridized carbons (Fsp3) is 0.0526. The Hall–Kier alpha value is -2.06. The van der Waals surface area contributed by atoms with Gasteiger partial charge in [-0.1, -0.05) is 46.3 Å². The average molecular weight is 337 g/mol. The molecular formula is C19H13BrO. The van der Waals surface area contributed by atoms with Crippen molar-refractivity contribution < 1.29 is 4.42 Å². The Bertz CT molecular complexity index is 949. The Morgan fingerprint density at radius 3 is 2.10 bits per heavy atom. The minimum Gasteiger partial charge on any atom is -0.456 e. The second kappa shape index (κ2) is 4.74. The fourth-order valence-electron chi connectivity index (χ4n) is 2.71. The number of benzene rings is 3. The molecule has 3 aromatic carbocycles. The second-order valence-electron chi connectivity index (χ2n) is 5.32. The zero-order chi connectivity index (χ0) is 14.4. The Balaban J connectivity index is 1.93. The second-order valence-corrected chi connectivity index (χ2v) is 6.24. The molecule has 0 radical (unpaired) electrons. The third-order valence-electron chi connectivity index (χ3n) is 3.81. The summed E-state index contributed by atoms with van der Waals surface area (Å²) < 4.78 is 7.10. The molecule has 102 valence electrons. The summed E-state index contributed by atoms with van der Waals surface area (Å²) in [7, 11) is 0. The van der Waals surface area contributed by atoms with Crippen LogP contribution in [0.15, 0.2) is 69.6 Å². The van der Waals surface area contributed by atoms with Crippen molar-refractivity contribution in [3.8, 4) is 11.1 Å². The third kappa shape index (κ3) is 2.16. The summed E-state index contributed by atoms with van der Waals surface area (Å²) in [5.74, 6) is 0. The third-order valence-corrected chi connectivity index (χ3v) is 4.34. The van der Waals surface area contributed by atoms with Crippen molar-refractivity contribution in [1.29, 1.82) is 0 Å². The zero-order valence-corrected chi connectivity index (χ0v) is 13.1. The first kappa shape index (κ1) is 12.7. The maximum absolute atomic E-state index is 6.01. The van der Waals surface area contributed by atoms with E-state index in [4.69, 9.17) is 4.42 Å². The van der Waals surface area contributed by atoms with Crippen LogP contribution in [0.2, 0.25) is 0 Å². The van der Waals surface area contributed by atoms with Gasteiger partial charge in [0.05, 0.1) is 0 Å². The van der Waals surface area contributed by atoms with E-state index in [0.717, 1.165) is 15.6 Å². The molecule has 0 N–H and O–H groups in total. The van der Waals surface area contributed by atoms with Gasteiger partial charge in [-0.25, -0.2) is 0 Å². The molecule has 1 aromatic heterocycles. The normalized spacial score (nSPS) is 11.3. The number of hydrogen-bond acceptors (Lipinski definition) is 1. The monoisotopic (exact) mass is 336 g/mol. The molecule has 4 rings (SSSR count). The summed E-state index contributed by atoms with van der Waals surface area (Å²) in [6.45, 7) is 2.08. The molecular weight excluding hydrogens is 324 g/mol. The molecule has 0 amide bonds. The van der Waals surface area contributed by atoms with Crippen molar-refractivity contribution in [2.24, 2.45) is 0 Å². The highest BCUT2D eigenvalue weighted by Crippen LogP contribution is 2.32. The van der Waals surface area contributed by atoms with Gasteiger partial charge in [-0.15, -0.1) is 0 Å². The lowest BCUT2D eigenvalue weighted by Gasteiger charge is -2.01. The number of furan rings is 1. The summed E-state index contributed by atoms with van der Waals surface area (Å²) in [6, 6.07) is 21.1. The van der Waals surface area contributed by atoms with Gasteiger partial charge in [0.15, 0.2) is 0 Å². The highest BCUT2D eigenvalue weighted by atomic mass is 79.9. The summed E-state index contributed by atoms with van der Waals surface area (Å²) in [5, 5.41) is 2.35. The van der Waals surface area contributed by atoms with Gasteiger partial charge in [0.1, 0.15) is 11.2 Å². The maximum Gasteiger partial charge on any atom is 0.136 e. The minimum absolute atomic E-state index is 0.941. The van der Waals surface area contributed by atoms with Gasteiger partial charge in [0.2, 0.25) is 0 Å². The lowest BCUT2D eigenvalue weighted by Crippen LogP contribution is -1.77. The van der Waals surface area contributed by atoms with E-state index in [1.54, 1.807) is 0 Å². The Kier molecular flexibility index (Phi) is 2.86. The highest BCUT2D eigenvalue weighted by molar-refractivity contribution is 9.10. The number of fused-ring (bicyclic) bond motifs is 3. The van der Waals surface area contributed by atoms with Crippen molar-refractivity contribution in [3.63, 3.8) is 0 Å². The molecule has 0 aliphatic rings. The minimum atomic E-state index is 0.941. The summed E-state index contributed by atoms with van der Waals surface area (Å²) in [6.07, 6.45) is 0. The summed E-state index contributed by atoms with van der Waals surface area (Å²) in [4.78, 5) is 0. The van der Waals surface area contributed by atoms with Crippen LogP contribution in [0.1, 0.15) is 5.56 Å². The van der Waals surface area contributed by atoms with Crippen LogP contribution >= 0.6 is 15.9 Å². The molecule has 0 unspecified atom stereocenters. The van der Waals surface area contributed by atoms with E-state index in [1.807, 2.05) is 0 Å². The average Bonchev–Trinajstić information content (AvgIpc) is 2.84. The Labute approximate surface area is 131 Å². The van der Waals surface area contributed by atoms with E-state index >= 15 is 0 Å². The van der Waals surface area contributed by atoms with Crippen LogP contribution in [0, 0.1) is 6.92 Å². The van der Waals surface area contributed by atoms with E-state index < -0.39 is 0 Å². The largest absolute Gasteiger partial charge is 0.456 e. The Morgan fingerprint density at radius 2 is 1.33 bits per heavy atom. The van der Waals surface area contributed by atoms with Gasteiger partial charge in [0, 0.05) is 15.2 Å². The molecule has 0 bridgehead atoms. The molecule has 2 heteroatoms. The Morgan fingerprint density at radius 1 is 0.714 bits per heavy atom. The van der Waals surface area contributed by atoms with Gasteiger partial charge in [-0.05, 0) is 53.9 Å². The molecule has 1 nitrogen and oxygen atoms in total. The number of halogens is 1. The first-order valence-electron chi connectivity index (χ1n) is 6.89. The van der Waals surface area contributed by atoms with Crippen LogP contribution in [0.5, 0.6) is 0 Å². The smallest absolute Gasteiger partial charge is 0.136 e. The van der Waals surface area contributed by atoms with Crippen LogP contribution in [-0.4, -0.2) is 0 Å². The topological polar surface area (TPSA) is 13.1 Å². The van der Waals surface area contributed by atoms with Gasteiger partial charge in [0.25, 0.3) is 0 Å². The first-order chi connectivity index (χ1) is 10.2. The summed E-state index contributed by atoms with van der Waals surface area (Å²) in [5.41, 5.74) is 5.48. The number of aryl methyl sites for hydroxylation is 1. The van der Waals surface area contributed by atoms with Crippen LogP contribution in [0.4, 0.5) is 0 Å². The number of hydrogen-bond donors (Lipinski definition) is 0. The summed E-state index contributed by atoms with van der Waals surface area (Å²) >= 11 is 3.47. The molecule has 0 saturated carbocycles. The van der Waals surface area contributed by atoms with Crippen molar-refractivity contribution in [2.75, 3.05) is 0 Å². The molecule has 0 aliphatic carbocycles. The van der Waals surface area contributed by atoms with E-state index in [-0.39, 0.29) is 0 Å². The SMILES string of the molecule is Cc1ccc2c(c1)oc1cc(-c3ccc(Br)cc3)ccc12. The molecule has 0 fully saturated rings. The van der Waals surface area contributed by atoms with Crippen LogP contribution in [0.3, 0.4) is 0 Å². The quantitative estimate of drug-likeness (QED) is 0.396. The molecule has 1 heterocycles.